The Morgan fingerprint density at radius 3 is 2.20 bits per heavy atom. The van der Waals surface area contributed by atoms with Crippen molar-refractivity contribution in [2.24, 2.45) is 5.92 Å². The van der Waals surface area contributed by atoms with Crippen LogP contribution in [-0.2, 0) is 0 Å². The Bertz CT molecular complexity index is 266. The van der Waals surface area contributed by atoms with Crippen molar-refractivity contribution in [3.05, 3.63) is 35.9 Å². The molecular weight excluding hydrogens is 248 g/mol. The van der Waals surface area contributed by atoms with E-state index in [1.54, 1.807) is 0 Å². The molecule has 0 radical (unpaired) electrons. The van der Waals surface area contributed by atoms with Crippen LogP contribution in [0, 0.1) is 5.92 Å². The predicted molar refractivity (Wildman–Crippen MR) is 71.6 cm³/mol. The molecule has 0 aromatic heterocycles. The molecule has 1 aromatic carbocycles. The topological polar surface area (TPSA) is 0 Å². The van der Waals surface area contributed by atoms with Crippen molar-refractivity contribution in [1.82, 2.24) is 0 Å². The van der Waals surface area contributed by atoms with Gasteiger partial charge in [0.25, 0.3) is 0 Å². The highest BCUT2D eigenvalue weighted by molar-refractivity contribution is 9.09. The molecule has 2 unspecified atom stereocenters. The van der Waals surface area contributed by atoms with Gasteiger partial charge in [0.15, 0.2) is 0 Å². The first kappa shape index (κ1) is 12.8. The summed E-state index contributed by atoms with van der Waals surface area (Å²) < 4.78 is 0. The second kappa shape index (κ2) is 6.32. The van der Waals surface area contributed by atoms with Crippen LogP contribution in [0.25, 0.3) is 0 Å². The fourth-order valence-corrected chi connectivity index (χ4v) is 2.51. The minimum Gasteiger partial charge on any atom is -0.0884 e. The molecule has 0 N–H and O–H groups in total. The molecule has 0 aliphatic rings. The number of rotatable bonds is 5. The average Bonchev–Trinajstić information content (AvgIpc) is 2.26. The van der Waals surface area contributed by atoms with Crippen LogP contribution in [0.2, 0.25) is 0 Å². The standard InChI is InChI=1S/C14H21Br/c1-4-14(15)13(10-11(2)3)12-8-6-5-7-9-12/h5-9,11,13-14H,4,10H2,1-3H3. The van der Waals surface area contributed by atoms with Crippen LogP contribution in [0.15, 0.2) is 30.3 Å². The van der Waals surface area contributed by atoms with Crippen LogP contribution in [0.4, 0.5) is 0 Å². The van der Waals surface area contributed by atoms with Gasteiger partial charge in [0.05, 0.1) is 0 Å². The molecule has 0 nitrogen and oxygen atoms in total. The zero-order valence-corrected chi connectivity index (χ0v) is 11.5. The third-order valence-electron chi connectivity index (χ3n) is 2.78. The highest BCUT2D eigenvalue weighted by Crippen LogP contribution is 2.32. The molecule has 2 atom stereocenters. The molecule has 0 aliphatic carbocycles. The molecule has 0 spiro atoms. The normalized spacial score (nSPS) is 15.3. The Morgan fingerprint density at radius 1 is 1.13 bits per heavy atom. The maximum absolute atomic E-state index is 3.81. The van der Waals surface area contributed by atoms with Crippen LogP contribution < -0.4 is 0 Å². The lowest BCUT2D eigenvalue weighted by Crippen LogP contribution is -2.14. The van der Waals surface area contributed by atoms with Crippen molar-refractivity contribution < 1.29 is 0 Å². The third kappa shape index (κ3) is 3.98. The van der Waals surface area contributed by atoms with E-state index in [4.69, 9.17) is 0 Å². The summed E-state index contributed by atoms with van der Waals surface area (Å²) in [5, 5.41) is 0. The molecule has 0 fully saturated rings. The number of hydrogen-bond acceptors (Lipinski definition) is 0. The van der Waals surface area contributed by atoms with E-state index in [1.165, 1.54) is 18.4 Å². The van der Waals surface area contributed by atoms with E-state index in [1.807, 2.05) is 0 Å². The third-order valence-corrected chi connectivity index (χ3v) is 4.07. The fourth-order valence-electron chi connectivity index (χ4n) is 1.99. The summed E-state index contributed by atoms with van der Waals surface area (Å²) in [5.74, 6) is 1.40. The lowest BCUT2D eigenvalue weighted by atomic mass is 9.87. The van der Waals surface area contributed by atoms with Crippen molar-refractivity contribution >= 4 is 15.9 Å². The summed E-state index contributed by atoms with van der Waals surface area (Å²) in [6.07, 6.45) is 2.44. The summed E-state index contributed by atoms with van der Waals surface area (Å²) in [5.41, 5.74) is 1.47. The second-order valence-electron chi connectivity index (χ2n) is 4.57. The molecule has 0 heterocycles. The fraction of sp³-hybridized carbons (Fsp3) is 0.571. The number of alkyl halides is 1. The maximum atomic E-state index is 3.81. The van der Waals surface area contributed by atoms with E-state index < -0.39 is 0 Å². The summed E-state index contributed by atoms with van der Waals surface area (Å²) in [6, 6.07) is 10.9. The van der Waals surface area contributed by atoms with Gasteiger partial charge >= 0.3 is 0 Å². The molecule has 1 heteroatoms. The number of benzene rings is 1. The van der Waals surface area contributed by atoms with E-state index in [0.29, 0.717) is 10.7 Å². The van der Waals surface area contributed by atoms with Crippen LogP contribution >= 0.6 is 15.9 Å². The van der Waals surface area contributed by atoms with Gasteiger partial charge < -0.3 is 0 Å². The lowest BCUT2D eigenvalue weighted by molar-refractivity contribution is 0.484. The van der Waals surface area contributed by atoms with E-state index in [0.717, 1.165) is 5.92 Å². The molecule has 0 amide bonds. The molecule has 1 rings (SSSR count). The van der Waals surface area contributed by atoms with Gasteiger partial charge in [0.2, 0.25) is 0 Å². The van der Waals surface area contributed by atoms with Gasteiger partial charge in [-0.1, -0.05) is 67.0 Å². The molecule has 0 bridgehead atoms. The van der Waals surface area contributed by atoms with Crippen molar-refractivity contribution in [2.75, 3.05) is 0 Å². The first-order valence-electron chi connectivity index (χ1n) is 5.84. The minimum absolute atomic E-state index is 0.599. The van der Waals surface area contributed by atoms with Gasteiger partial charge in [-0.15, -0.1) is 0 Å². The first-order chi connectivity index (χ1) is 7.15. The number of halogens is 1. The Kier molecular flexibility index (Phi) is 5.38. The number of hydrogen-bond donors (Lipinski definition) is 0. The molecule has 0 saturated heterocycles. The maximum Gasteiger partial charge on any atom is 0.0211 e. The van der Waals surface area contributed by atoms with Crippen molar-refractivity contribution in [3.63, 3.8) is 0 Å². The van der Waals surface area contributed by atoms with Gasteiger partial charge in [-0.25, -0.2) is 0 Å². The average molecular weight is 269 g/mol. The predicted octanol–water partition coefficient (Wildman–Crippen LogP) is 4.99. The highest BCUT2D eigenvalue weighted by Gasteiger charge is 2.20. The zero-order valence-electron chi connectivity index (χ0n) is 9.91. The van der Waals surface area contributed by atoms with Crippen LogP contribution in [0.1, 0.15) is 45.1 Å². The summed E-state index contributed by atoms with van der Waals surface area (Å²) in [7, 11) is 0. The molecule has 15 heavy (non-hydrogen) atoms. The Balaban J connectivity index is 2.81. The summed E-state index contributed by atoms with van der Waals surface area (Å²) in [4.78, 5) is 0.599. The van der Waals surface area contributed by atoms with Gasteiger partial charge in [-0.2, -0.15) is 0 Å². The van der Waals surface area contributed by atoms with Crippen LogP contribution in [0.5, 0.6) is 0 Å². The summed E-state index contributed by atoms with van der Waals surface area (Å²) >= 11 is 3.81. The van der Waals surface area contributed by atoms with E-state index >= 15 is 0 Å². The Morgan fingerprint density at radius 2 is 1.73 bits per heavy atom. The molecule has 1 aromatic rings. The SMILES string of the molecule is CCC(Br)C(CC(C)C)c1ccccc1. The van der Waals surface area contributed by atoms with Crippen molar-refractivity contribution in [2.45, 2.75) is 44.4 Å². The second-order valence-corrected chi connectivity index (χ2v) is 5.75. The molecular formula is C14H21Br. The van der Waals surface area contributed by atoms with Crippen LogP contribution in [0.3, 0.4) is 0 Å². The van der Waals surface area contributed by atoms with Gasteiger partial charge in [-0.05, 0) is 30.2 Å². The van der Waals surface area contributed by atoms with Crippen molar-refractivity contribution in [3.8, 4) is 0 Å². The molecule has 84 valence electrons. The van der Waals surface area contributed by atoms with Gasteiger partial charge in [0, 0.05) is 4.83 Å². The smallest absolute Gasteiger partial charge is 0.0211 e. The van der Waals surface area contributed by atoms with Gasteiger partial charge in [-0.3, -0.25) is 0 Å². The van der Waals surface area contributed by atoms with Crippen molar-refractivity contribution in [1.29, 1.82) is 0 Å². The van der Waals surface area contributed by atoms with E-state index in [2.05, 4.69) is 67.0 Å². The van der Waals surface area contributed by atoms with E-state index in [9.17, 15) is 0 Å². The van der Waals surface area contributed by atoms with Crippen LogP contribution in [-0.4, -0.2) is 4.83 Å². The first-order valence-corrected chi connectivity index (χ1v) is 6.75. The van der Waals surface area contributed by atoms with Gasteiger partial charge in [0.1, 0.15) is 0 Å². The summed E-state index contributed by atoms with van der Waals surface area (Å²) in [6.45, 7) is 6.84. The Hall–Kier alpha value is -0.300. The van der Waals surface area contributed by atoms with E-state index in [-0.39, 0.29) is 0 Å². The quantitative estimate of drug-likeness (QED) is 0.660. The lowest BCUT2D eigenvalue weighted by Gasteiger charge is -2.24. The minimum atomic E-state index is 0.599. The monoisotopic (exact) mass is 268 g/mol. The Labute approximate surface area is 102 Å². The zero-order chi connectivity index (χ0) is 11.3. The highest BCUT2D eigenvalue weighted by atomic mass is 79.9. The largest absolute Gasteiger partial charge is 0.0884 e. The molecule has 0 saturated carbocycles. The molecule has 0 aliphatic heterocycles.